The van der Waals surface area contributed by atoms with E-state index in [0.29, 0.717) is 25.3 Å². The minimum atomic E-state index is -0.678. The first-order valence-electron chi connectivity index (χ1n) is 8.55. The number of likely N-dealkylation sites (tertiary alicyclic amines) is 1. The van der Waals surface area contributed by atoms with Gasteiger partial charge in [-0.05, 0) is 31.7 Å². The van der Waals surface area contributed by atoms with Gasteiger partial charge >= 0.3 is 0 Å². The predicted octanol–water partition coefficient (Wildman–Crippen LogP) is 2.11. The molecule has 3 rings (SSSR count). The van der Waals surface area contributed by atoms with Crippen molar-refractivity contribution in [3.63, 3.8) is 0 Å². The van der Waals surface area contributed by atoms with Crippen LogP contribution < -0.4 is 9.64 Å². The molecule has 134 valence electrons. The molecule has 0 aromatic heterocycles. The van der Waals surface area contributed by atoms with Crippen molar-refractivity contribution in [1.82, 2.24) is 4.90 Å². The summed E-state index contributed by atoms with van der Waals surface area (Å²) >= 11 is 0. The first-order valence-corrected chi connectivity index (χ1v) is 8.55. The Hall–Kier alpha value is -2.64. The summed E-state index contributed by atoms with van der Waals surface area (Å²) in [6.45, 7) is 3.09. The van der Waals surface area contributed by atoms with Gasteiger partial charge < -0.3 is 9.64 Å². The minimum absolute atomic E-state index is 0.118. The number of nitro groups is 1. The van der Waals surface area contributed by atoms with Crippen molar-refractivity contribution in [2.45, 2.75) is 38.7 Å². The van der Waals surface area contributed by atoms with Crippen molar-refractivity contribution in [1.29, 1.82) is 0 Å². The molecule has 8 heteroatoms. The Labute approximate surface area is 145 Å². The Morgan fingerprint density at radius 2 is 2.04 bits per heavy atom. The standard InChI is InChI=1S/C17H21N3O5/c1-2-14-17(22)19(11-16(21)18-8-4-3-5-9-18)13-10-12(20(23)24)6-7-15(13)25-14/h6-7,10,14H,2-5,8-9,11H2,1H3/t14-/m1/s1. The van der Waals surface area contributed by atoms with Crippen molar-refractivity contribution in [2.24, 2.45) is 0 Å². The summed E-state index contributed by atoms with van der Waals surface area (Å²) in [4.78, 5) is 38.9. The van der Waals surface area contributed by atoms with Gasteiger partial charge in [-0.3, -0.25) is 24.6 Å². The van der Waals surface area contributed by atoms with Crippen LogP contribution in [0.1, 0.15) is 32.6 Å². The largest absolute Gasteiger partial charge is 0.478 e. The summed E-state index contributed by atoms with van der Waals surface area (Å²) in [6, 6.07) is 4.12. The van der Waals surface area contributed by atoms with Crippen LogP contribution in [0.25, 0.3) is 0 Å². The van der Waals surface area contributed by atoms with Crippen molar-refractivity contribution in [2.75, 3.05) is 24.5 Å². The lowest BCUT2D eigenvalue weighted by Gasteiger charge is -2.35. The monoisotopic (exact) mass is 347 g/mol. The predicted molar refractivity (Wildman–Crippen MR) is 90.6 cm³/mol. The van der Waals surface area contributed by atoms with Gasteiger partial charge in [0.2, 0.25) is 5.91 Å². The number of anilines is 1. The number of rotatable bonds is 4. The average Bonchev–Trinajstić information content (AvgIpc) is 2.63. The van der Waals surface area contributed by atoms with E-state index in [1.807, 2.05) is 6.92 Å². The van der Waals surface area contributed by atoms with E-state index < -0.39 is 11.0 Å². The zero-order valence-electron chi connectivity index (χ0n) is 14.1. The van der Waals surface area contributed by atoms with Crippen molar-refractivity contribution in [3.8, 4) is 5.75 Å². The molecule has 1 fully saturated rings. The third-order valence-corrected chi connectivity index (χ3v) is 4.63. The molecule has 25 heavy (non-hydrogen) atoms. The Kier molecular flexibility index (Phi) is 4.87. The lowest BCUT2D eigenvalue weighted by atomic mass is 10.1. The van der Waals surface area contributed by atoms with Crippen LogP contribution in [0.15, 0.2) is 18.2 Å². The normalized spacial score (nSPS) is 20.0. The number of amides is 2. The number of hydrogen-bond donors (Lipinski definition) is 0. The molecule has 2 amide bonds. The zero-order valence-corrected chi connectivity index (χ0v) is 14.1. The van der Waals surface area contributed by atoms with Crippen LogP contribution in [0.3, 0.4) is 0 Å². The molecule has 0 bridgehead atoms. The number of ether oxygens (including phenoxy) is 1. The van der Waals surface area contributed by atoms with E-state index in [2.05, 4.69) is 0 Å². The van der Waals surface area contributed by atoms with Crippen molar-refractivity contribution < 1.29 is 19.2 Å². The molecule has 1 atom stereocenters. The van der Waals surface area contributed by atoms with Gasteiger partial charge in [0, 0.05) is 25.2 Å². The third-order valence-electron chi connectivity index (χ3n) is 4.63. The first-order chi connectivity index (χ1) is 12.0. The maximum Gasteiger partial charge on any atom is 0.271 e. The number of non-ortho nitro benzene ring substituents is 1. The highest BCUT2D eigenvalue weighted by atomic mass is 16.6. The van der Waals surface area contributed by atoms with E-state index in [1.165, 1.54) is 23.1 Å². The SMILES string of the molecule is CC[C@H]1Oc2ccc([N+](=O)[O-])cc2N(CC(=O)N2CCCCC2)C1=O. The highest BCUT2D eigenvalue weighted by Gasteiger charge is 2.36. The van der Waals surface area contributed by atoms with E-state index >= 15 is 0 Å². The van der Waals surface area contributed by atoms with Gasteiger partial charge in [0.05, 0.1) is 10.6 Å². The molecule has 1 aromatic rings. The van der Waals surface area contributed by atoms with Gasteiger partial charge in [-0.25, -0.2) is 0 Å². The topological polar surface area (TPSA) is 93.0 Å². The maximum atomic E-state index is 12.7. The Morgan fingerprint density at radius 3 is 2.68 bits per heavy atom. The summed E-state index contributed by atoms with van der Waals surface area (Å²) in [6.07, 6.45) is 2.81. The molecular weight excluding hydrogens is 326 g/mol. The highest BCUT2D eigenvalue weighted by molar-refractivity contribution is 6.04. The Morgan fingerprint density at radius 1 is 1.32 bits per heavy atom. The van der Waals surface area contributed by atoms with E-state index in [1.54, 1.807) is 4.90 Å². The molecule has 2 heterocycles. The number of hydrogen-bond acceptors (Lipinski definition) is 5. The van der Waals surface area contributed by atoms with E-state index in [-0.39, 0.29) is 29.7 Å². The van der Waals surface area contributed by atoms with Crippen LogP contribution >= 0.6 is 0 Å². The smallest absolute Gasteiger partial charge is 0.271 e. The molecule has 8 nitrogen and oxygen atoms in total. The quantitative estimate of drug-likeness (QED) is 0.614. The van der Waals surface area contributed by atoms with Crippen LogP contribution in [0.5, 0.6) is 5.75 Å². The second-order valence-corrected chi connectivity index (χ2v) is 6.29. The third kappa shape index (κ3) is 3.42. The number of fused-ring (bicyclic) bond motifs is 1. The fraction of sp³-hybridized carbons (Fsp3) is 0.529. The van der Waals surface area contributed by atoms with Crippen molar-refractivity contribution >= 4 is 23.2 Å². The number of benzene rings is 1. The molecule has 0 radical (unpaired) electrons. The van der Waals surface area contributed by atoms with Crippen LogP contribution in [0, 0.1) is 10.1 Å². The summed E-state index contributed by atoms with van der Waals surface area (Å²) in [5, 5.41) is 11.1. The van der Waals surface area contributed by atoms with Crippen LogP contribution in [-0.4, -0.2) is 47.4 Å². The number of carbonyl (C=O) groups excluding carboxylic acids is 2. The van der Waals surface area contributed by atoms with Gasteiger partial charge in [0.25, 0.3) is 11.6 Å². The number of nitrogens with zero attached hydrogens (tertiary/aromatic N) is 3. The molecule has 0 spiro atoms. The molecule has 0 aliphatic carbocycles. The Balaban J connectivity index is 1.90. The number of piperidine rings is 1. The first kappa shape index (κ1) is 17.2. The lowest BCUT2D eigenvalue weighted by Crippen LogP contribution is -2.51. The molecule has 1 aromatic carbocycles. The van der Waals surface area contributed by atoms with E-state index in [9.17, 15) is 19.7 Å². The molecule has 0 unspecified atom stereocenters. The number of nitro benzene ring substituents is 1. The Bertz CT molecular complexity index is 700. The van der Waals surface area contributed by atoms with Gasteiger partial charge in [-0.1, -0.05) is 6.92 Å². The minimum Gasteiger partial charge on any atom is -0.478 e. The van der Waals surface area contributed by atoms with Gasteiger partial charge in [0.1, 0.15) is 12.3 Å². The molecule has 1 saturated heterocycles. The van der Waals surface area contributed by atoms with Crippen LogP contribution in [-0.2, 0) is 9.59 Å². The van der Waals surface area contributed by atoms with E-state index in [4.69, 9.17) is 4.74 Å². The van der Waals surface area contributed by atoms with Crippen LogP contribution in [0.2, 0.25) is 0 Å². The lowest BCUT2D eigenvalue weighted by molar-refractivity contribution is -0.384. The molecule has 2 aliphatic rings. The molecule has 2 aliphatic heterocycles. The molecule has 0 saturated carbocycles. The zero-order chi connectivity index (χ0) is 18.0. The highest BCUT2D eigenvalue weighted by Crippen LogP contribution is 2.37. The van der Waals surface area contributed by atoms with Gasteiger partial charge in [0.15, 0.2) is 6.10 Å². The summed E-state index contributed by atoms with van der Waals surface area (Å²) in [7, 11) is 0. The fourth-order valence-corrected chi connectivity index (χ4v) is 3.23. The van der Waals surface area contributed by atoms with Gasteiger partial charge in [-0.2, -0.15) is 0 Å². The van der Waals surface area contributed by atoms with E-state index in [0.717, 1.165) is 19.3 Å². The summed E-state index contributed by atoms with van der Waals surface area (Å²) in [5.74, 6) is -0.0772. The second-order valence-electron chi connectivity index (χ2n) is 6.29. The fourth-order valence-electron chi connectivity index (χ4n) is 3.23. The molecule has 0 N–H and O–H groups in total. The summed E-state index contributed by atoms with van der Waals surface area (Å²) in [5.41, 5.74) is 0.148. The summed E-state index contributed by atoms with van der Waals surface area (Å²) < 4.78 is 5.65. The maximum absolute atomic E-state index is 12.7. The second kappa shape index (κ2) is 7.08. The number of carbonyl (C=O) groups is 2. The van der Waals surface area contributed by atoms with Crippen molar-refractivity contribution in [3.05, 3.63) is 28.3 Å². The van der Waals surface area contributed by atoms with Gasteiger partial charge in [-0.15, -0.1) is 0 Å². The average molecular weight is 347 g/mol. The van der Waals surface area contributed by atoms with Crippen LogP contribution in [0.4, 0.5) is 11.4 Å². The molecular formula is C17H21N3O5.